The van der Waals surface area contributed by atoms with E-state index < -0.39 is 0 Å². The summed E-state index contributed by atoms with van der Waals surface area (Å²) in [5.41, 5.74) is 1.80. The summed E-state index contributed by atoms with van der Waals surface area (Å²) >= 11 is 0. The van der Waals surface area contributed by atoms with Crippen molar-refractivity contribution >= 4 is 16.8 Å². The molecule has 0 aliphatic carbocycles. The molecule has 106 valence electrons. The molecule has 4 heteroatoms. The molecule has 0 radical (unpaired) electrons. The van der Waals surface area contributed by atoms with Gasteiger partial charge in [0.2, 0.25) is 0 Å². The van der Waals surface area contributed by atoms with E-state index in [4.69, 9.17) is 0 Å². The standard InChI is InChI=1S/C16H21N3O/c1-18-9-7-12(8-10-18)19(2)16(20)14-11-17-15-6-4-3-5-13(14)15/h3-6,11-12,17H,7-10H2,1-2H3. The Labute approximate surface area is 119 Å². The Morgan fingerprint density at radius 2 is 2.00 bits per heavy atom. The molecule has 0 spiro atoms. The minimum absolute atomic E-state index is 0.122. The van der Waals surface area contributed by atoms with Gasteiger partial charge in [0.15, 0.2) is 0 Å². The number of nitrogens with one attached hydrogen (secondary N) is 1. The molecule has 1 aromatic carbocycles. The van der Waals surface area contributed by atoms with Crippen LogP contribution in [0.4, 0.5) is 0 Å². The molecule has 1 saturated heterocycles. The molecule has 20 heavy (non-hydrogen) atoms. The number of carbonyl (C=O) groups is 1. The van der Waals surface area contributed by atoms with Crippen molar-refractivity contribution in [2.75, 3.05) is 27.2 Å². The van der Waals surface area contributed by atoms with Gasteiger partial charge < -0.3 is 14.8 Å². The maximum absolute atomic E-state index is 12.7. The summed E-state index contributed by atoms with van der Waals surface area (Å²) in [6, 6.07) is 8.31. The number of aromatic nitrogens is 1. The van der Waals surface area contributed by atoms with Crippen molar-refractivity contribution < 1.29 is 4.79 Å². The van der Waals surface area contributed by atoms with Gasteiger partial charge in [0, 0.05) is 30.2 Å². The number of hydrogen-bond donors (Lipinski definition) is 1. The second-order valence-electron chi connectivity index (χ2n) is 5.70. The third-order valence-corrected chi connectivity index (χ3v) is 4.38. The molecular weight excluding hydrogens is 250 g/mol. The van der Waals surface area contributed by atoms with Crippen LogP contribution in [-0.2, 0) is 0 Å². The number of fused-ring (bicyclic) bond motifs is 1. The first kappa shape index (κ1) is 13.2. The SMILES string of the molecule is CN1CCC(N(C)C(=O)c2c[nH]c3ccccc23)CC1. The number of nitrogens with zero attached hydrogens (tertiary/aromatic N) is 2. The summed E-state index contributed by atoms with van der Waals surface area (Å²) in [5, 5.41) is 1.01. The third kappa shape index (κ3) is 2.31. The average Bonchev–Trinajstić information content (AvgIpc) is 2.90. The first-order valence-corrected chi connectivity index (χ1v) is 7.18. The lowest BCUT2D eigenvalue weighted by Crippen LogP contribution is -2.44. The number of para-hydroxylation sites is 1. The van der Waals surface area contributed by atoms with E-state index in [1.807, 2.05) is 42.4 Å². The summed E-state index contributed by atoms with van der Waals surface area (Å²) < 4.78 is 0. The molecular formula is C16H21N3O. The molecule has 1 aliphatic heterocycles. The highest BCUT2D eigenvalue weighted by Gasteiger charge is 2.25. The van der Waals surface area contributed by atoms with Gasteiger partial charge in [-0.15, -0.1) is 0 Å². The van der Waals surface area contributed by atoms with Crippen molar-refractivity contribution in [2.24, 2.45) is 0 Å². The molecule has 3 rings (SSSR count). The molecule has 0 atom stereocenters. The second-order valence-corrected chi connectivity index (χ2v) is 5.70. The Morgan fingerprint density at radius 1 is 1.30 bits per heavy atom. The number of likely N-dealkylation sites (tertiary alicyclic amines) is 1. The Hall–Kier alpha value is -1.81. The van der Waals surface area contributed by atoms with E-state index in [1.165, 1.54) is 0 Å². The fourth-order valence-corrected chi connectivity index (χ4v) is 2.99. The van der Waals surface area contributed by atoms with Crippen molar-refractivity contribution in [3.8, 4) is 0 Å². The second kappa shape index (κ2) is 5.29. The van der Waals surface area contributed by atoms with Crippen LogP contribution in [0.3, 0.4) is 0 Å². The van der Waals surface area contributed by atoms with Gasteiger partial charge in [-0.25, -0.2) is 0 Å². The minimum Gasteiger partial charge on any atom is -0.360 e. The van der Waals surface area contributed by atoms with E-state index >= 15 is 0 Å². The quantitative estimate of drug-likeness (QED) is 0.910. The molecule has 4 nitrogen and oxygen atoms in total. The highest BCUT2D eigenvalue weighted by atomic mass is 16.2. The predicted octanol–water partition coefficient (Wildman–Crippen LogP) is 2.33. The van der Waals surface area contributed by atoms with Crippen LogP contribution >= 0.6 is 0 Å². The predicted molar refractivity (Wildman–Crippen MR) is 80.9 cm³/mol. The monoisotopic (exact) mass is 271 g/mol. The maximum Gasteiger partial charge on any atom is 0.256 e. The van der Waals surface area contributed by atoms with Gasteiger partial charge in [0.05, 0.1) is 5.56 Å². The highest BCUT2D eigenvalue weighted by Crippen LogP contribution is 2.22. The number of hydrogen-bond acceptors (Lipinski definition) is 2. The lowest BCUT2D eigenvalue weighted by Gasteiger charge is -2.35. The van der Waals surface area contributed by atoms with Crippen LogP contribution in [0, 0.1) is 0 Å². The lowest BCUT2D eigenvalue weighted by molar-refractivity contribution is 0.0661. The maximum atomic E-state index is 12.7. The molecule has 2 aromatic rings. The van der Waals surface area contributed by atoms with Crippen LogP contribution in [-0.4, -0.2) is 53.9 Å². The topological polar surface area (TPSA) is 39.3 Å². The van der Waals surface area contributed by atoms with Crippen LogP contribution in [0.2, 0.25) is 0 Å². The Bertz CT molecular complexity index is 611. The van der Waals surface area contributed by atoms with Crippen LogP contribution in [0.15, 0.2) is 30.5 Å². The molecule has 0 saturated carbocycles. The summed E-state index contributed by atoms with van der Waals surface area (Å²) in [4.78, 5) is 20.1. The molecule has 1 N–H and O–H groups in total. The summed E-state index contributed by atoms with van der Waals surface area (Å²) in [7, 11) is 4.07. The molecule has 1 aliphatic rings. The first-order valence-electron chi connectivity index (χ1n) is 7.18. The zero-order chi connectivity index (χ0) is 14.1. The number of piperidine rings is 1. The number of rotatable bonds is 2. The number of benzene rings is 1. The van der Waals surface area contributed by atoms with E-state index in [1.54, 1.807) is 0 Å². The zero-order valence-corrected chi connectivity index (χ0v) is 12.1. The third-order valence-electron chi connectivity index (χ3n) is 4.38. The normalized spacial score (nSPS) is 17.5. The first-order chi connectivity index (χ1) is 9.66. The fraction of sp³-hybridized carbons (Fsp3) is 0.438. The van der Waals surface area contributed by atoms with E-state index in [9.17, 15) is 4.79 Å². The van der Waals surface area contributed by atoms with Crippen LogP contribution in [0.25, 0.3) is 10.9 Å². The van der Waals surface area contributed by atoms with E-state index in [2.05, 4.69) is 16.9 Å². The van der Waals surface area contributed by atoms with Crippen molar-refractivity contribution in [1.82, 2.24) is 14.8 Å². The smallest absolute Gasteiger partial charge is 0.256 e. The summed E-state index contributed by atoms with van der Waals surface area (Å²) in [5.74, 6) is 0.122. The Kier molecular flexibility index (Phi) is 3.49. The largest absolute Gasteiger partial charge is 0.360 e. The zero-order valence-electron chi connectivity index (χ0n) is 12.1. The van der Waals surface area contributed by atoms with E-state index in [0.717, 1.165) is 42.4 Å². The molecule has 2 heterocycles. The number of aromatic amines is 1. The van der Waals surface area contributed by atoms with Gasteiger partial charge >= 0.3 is 0 Å². The Balaban J connectivity index is 1.81. The van der Waals surface area contributed by atoms with Crippen molar-refractivity contribution in [1.29, 1.82) is 0 Å². The van der Waals surface area contributed by atoms with E-state index in [0.29, 0.717) is 6.04 Å². The summed E-state index contributed by atoms with van der Waals surface area (Å²) in [6.45, 7) is 2.13. The molecule has 1 amide bonds. The van der Waals surface area contributed by atoms with Gasteiger partial charge in [-0.3, -0.25) is 4.79 Å². The van der Waals surface area contributed by atoms with Gasteiger partial charge in [-0.2, -0.15) is 0 Å². The molecule has 1 aromatic heterocycles. The van der Waals surface area contributed by atoms with Crippen LogP contribution in [0.1, 0.15) is 23.2 Å². The number of amides is 1. The van der Waals surface area contributed by atoms with Crippen molar-refractivity contribution in [3.63, 3.8) is 0 Å². The number of H-pyrrole nitrogens is 1. The number of carbonyl (C=O) groups excluding carboxylic acids is 1. The summed E-state index contributed by atoms with van der Waals surface area (Å²) in [6.07, 6.45) is 3.95. The molecule has 0 bridgehead atoms. The molecule has 1 fully saturated rings. The van der Waals surface area contributed by atoms with E-state index in [-0.39, 0.29) is 5.91 Å². The van der Waals surface area contributed by atoms with Gasteiger partial charge in [0.1, 0.15) is 0 Å². The van der Waals surface area contributed by atoms with Gasteiger partial charge in [0.25, 0.3) is 5.91 Å². The highest BCUT2D eigenvalue weighted by molar-refractivity contribution is 6.06. The van der Waals surface area contributed by atoms with Gasteiger partial charge in [-0.05, 0) is 39.0 Å². The fourth-order valence-electron chi connectivity index (χ4n) is 2.99. The van der Waals surface area contributed by atoms with Crippen LogP contribution in [0.5, 0.6) is 0 Å². The van der Waals surface area contributed by atoms with Crippen molar-refractivity contribution in [3.05, 3.63) is 36.0 Å². The average molecular weight is 271 g/mol. The van der Waals surface area contributed by atoms with Crippen LogP contribution < -0.4 is 0 Å². The Morgan fingerprint density at radius 3 is 2.75 bits per heavy atom. The minimum atomic E-state index is 0.122. The van der Waals surface area contributed by atoms with Crippen molar-refractivity contribution in [2.45, 2.75) is 18.9 Å². The molecule has 0 unspecified atom stereocenters. The van der Waals surface area contributed by atoms with Gasteiger partial charge in [-0.1, -0.05) is 18.2 Å². The lowest BCUT2D eigenvalue weighted by atomic mass is 10.0.